The van der Waals surface area contributed by atoms with Gasteiger partial charge in [-0.25, -0.2) is 0 Å². The Morgan fingerprint density at radius 3 is 2.70 bits per heavy atom. The van der Waals surface area contributed by atoms with Crippen molar-refractivity contribution in [3.8, 4) is 0 Å². The molecule has 126 valence electrons. The number of oxime groups is 1. The van der Waals surface area contributed by atoms with Crippen LogP contribution in [0.2, 0.25) is 0 Å². The molecule has 2 rings (SSSR count). The van der Waals surface area contributed by atoms with Crippen LogP contribution in [-0.2, 0) is 22.4 Å². The van der Waals surface area contributed by atoms with Crippen LogP contribution in [0.3, 0.4) is 0 Å². The van der Waals surface area contributed by atoms with E-state index in [2.05, 4.69) is 5.16 Å². The minimum Gasteiger partial charge on any atom is -0.382 e. The molecule has 1 amide bonds. The van der Waals surface area contributed by atoms with Gasteiger partial charge in [0.2, 0.25) is 6.10 Å². The molecule has 1 aromatic carbocycles. The summed E-state index contributed by atoms with van der Waals surface area (Å²) >= 11 is 0. The fraction of sp³-hybridized carbons (Fsp3) is 0.500. The maximum atomic E-state index is 12.7. The fourth-order valence-electron chi connectivity index (χ4n) is 2.31. The van der Waals surface area contributed by atoms with Gasteiger partial charge in [-0.2, -0.15) is 13.2 Å². The number of amides is 1. The number of hydrogen-bond donors (Lipinski definition) is 0. The van der Waals surface area contributed by atoms with Crippen LogP contribution < -0.4 is 0 Å². The summed E-state index contributed by atoms with van der Waals surface area (Å²) in [6.45, 7) is 4.00. The van der Waals surface area contributed by atoms with Crippen molar-refractivity contribution in [2.75, 3.05) is 7.05 Å². The van der Waals surface area contributed by atoms with E-state index in [1.165, 1.54) is 11.0 Å². The Balaban J connectivity index is 2.00. The number of likely N-dealkylation sites (N-methyl/N-ethyl adjacent to an activating group) is 1. The lowest BCUT2D eigenvalue weighted by molar-refractivity contribution is -0.141. The molecule has 7 heteroatoms. The fourth-order valence-corrected chi connectivity index (χ4v) is 2.31. The minimum atomic E-state index is -4.40. The highest BCUT2D eigenvalue weighted by atomic mass is 19.4. The van der Waals surface area contributed by atoms with Crippen LogP contribution in [0.4, 0.5) is 13.2 Å². The average molecular weight is 328 g/mol. The molecule has 0 radical (unpaired) electrons. The highest BCUT2D eigenvalue weighted by Gasteiger charge is 2.32. The monoisotopic (exact) mass is 328 g/mol. The van der Waals surface area contributed by atoms with Crippen LogP contribution in [0, 0.1) is 5.92 Å². The van der Waals surface area contributed by atoms with E-state index in [1.54, 1.807) is 13.1 Å². The predicted octanol–water partition coefficient (Wildman–Crippen LogP) is 3.46. The average Bonchev–Trinajstić information content (AvgIpc) is 2.95. The van der Waals surface area contributed by atoms with Gasteiger partial charge in [-0.05, 0) is 23.6 Å². The molecule has 0 fully saturated rings. The van der Waals surface area contributed by atoms with E-state index in [-0.39, 0.29) is 18.4 Å². The molecule has 0 saturated carbocycles. The molecule has 1 aliphatic rings. The summed E-state index contributed by atoms with van der Waals surface area (Å²) in [6.07, 6.45) is -4.67. The van der Waals surface area contributed by atoms with E-state index in [1.807, 2.05) is 13.8 Å². The van der Waals surface area contributed by atoms with Gasteiger partial charge in [-0.15, -0.1) is 0 Å². The summed E-state index contributed by atoms with van der Waals surface area (Å²) in [4.78, 5) is 18.8. The highest BCUT2D eigenvalue weighted by molar-refractivity contribution is 5.93. The zero-order valence-electron chi connectivity index (χ0n) is 13.2. The molecule has 1 atom stereocenters. The third kappa shape index (κ3) is 4.24. The van der Waals surface area contributed by atoms with Crippen LogP contribution in [-0.4, -0.2) is 29.7 Å². The quantitative estimate of drug-likeness (QED) is 0.849. The van der Waals surface area contributed by atoms with Crippen molar-refractivity contribution in [3.63, 3.8) is 0 Å². The molecule has 0 spiro atoms. The van der Waals surface area contributed by atoms with E-state index in [0.717, 1.165) is 17.8 Å². The van der Waals surface area contributed by atoms with E-state index >= 15 is 0 Å². The van der Waals surface area contributed by atoms with Gasteiger partial charge >= 0.3 is 6.18 Å². The van der Waals surface area contributed by atoms with E-state index in [9.17, 15) is 18.0 Å². The summed E-state index contributed by atoms with van der Waals surface area (Å²) in [5.41, 5.74) is 0.507. The summed E-state index contributed by atoms with van der Waals surface area (Å²) in [5.74, 6) is -0.0941. The molecule has 1 unspecified atom stereocenters. The molecule has 0 saturated heterocycles. The van der Waals surface area contributed by atoms with Crippen LogP contribution in [0.5, 0.6) is 0 Å². The lowest BCUT2D eigenvalue weighted by Crippen LogP contribution is -2.36. The van der Waals surface area contributed by atoms with Gasteiger partial charge in [0, 0.05) is 20.0 Å². The smallest absolute Gasteiger partial charge is 0.382 e. The molecular weight excluding hydrogens is 309 g/mol. The van der Waals surface area contributed by atoms with Gasteiger partial charge < -0.3 is 9.74 Å². The molecular formula is C16H19F3N2O2. The normalized spacial score (nSPS) is 17.9. The first kappa shape index (κ1) is 17.3. The van der Waals surface area contributed by atoms with Crippen LogP contribution in [0.25, 0.3) is 0 Å². The second-order valence-electron chi connectivity index (χ2n) is 5.93. The molecule has 23 heavy (non-hydrogen) atoms. The van der Waals surface area contributed by atoms with Gasteiger partial charge in [0.15, 0.2) is 0 Å². The van der Waals surface area contributed by atoms with Gasteiger partial charge in [-0.1, -0.05) is 31.1 Å². The minimum absolute atomic E-state index is 0.0830. The van der Waals surface area contributed by atoms with Gasteiger partial charge in [-0.3, -0.25) is 4.79 Å². The number of hydrogen-bond acceptors (Lipinski definition) is 3. The summed E-state index contributed by atoms with van der Waals surface area (Å²) < 4.78 is 38.1. The standard InChI is InChI=1S/C16H19F3N2O2/c1-10(2)13-8-14(23-20-13)15(22)21(3)9-11-5-4-6-12(7-11)16(17,18)19/h4-7,10,14H,8-9H2,1-3H3. The van der Waals surface area contributed by atoms with Gasteiger partial charge in [0.25, 0.3) is 5.91 Å². The third-order valence-electron chi connectivity index (χ3n) is 3.68. The van der Waals surface area contributed by atoms with Crippen molar-refractivity contribution in [3.05, 3.63) is 35.4 Å². The molecule has 4 nitrogen and oxygen atoms in total. The lowest BCUT2D eigenvalue weighted by Gasteiger charge is -2.20. The second-order valence-corrected chi connectivity index (χ2v) is 5.93. The van der Waals surface area contributed by atoms with Gasteiger partial charge in [0.05, 0.1) is 11.3 Å². The predicted molar refractivity (Wildman–Crippen MR) is 79.7 cm³/mol. The Labute approximate surface area is 132 Å². The maximum Gasteiger partial charge on any atom is 0.416 e. The van der Waals surface area contributed by atoms with Crippen molar-refractivity contribution < 1.29 is 22.8 Å². The molecule has 1 heterocycles. The molecule has 1 aliphatic heterocycles. The first-order chi connectivity index (χ1) is 10.7. The topological polar surface area (TPSA) is 41.9 Å². The Bertz CT molecular complexity index is 612. The zero-order valence-corrected chi connectivity index (χ0v) is 13.2. The van der Waals surface area contributed by atoms with Crippen LogP contribution in [0.1, 0.15) is 31.4 Å². The number of carbonyl (C=O) groups excluding carboxylic acids is 1. The lowest BCUT2D eigenvalue weighted by atomic mass is 10.0. The number of carbonyl (C=O) groups is 1. The summed E-state index contributed by atoms with van der Waals surface area (Å²) in [7, 11) is 1.54. The molecule has 0 N–H and O–H groups in total. The van der Waals surface area contributed by atoms with Crippen molar-refractivity contribution >= 4 is 11.6 Å². The van der Waals surface area contributed by atoms with Gasteiger partial charge in [0.1, 0.15) is 0 Å². The summed E-state index contributed by atoms with van der Waals surface area (Å²) in [6, 6.07) is 4.95. The Hall–Kier alpha value is -2.05. The molecule has 0 aliphatic carbocycles. The largest absolute Gasteiger partial charge is 0.416 e. The van der Waals surface area contributed by atoms with E-state index < -0.39 is 17.8 Å². The number of benzene rings is 1. The third-order valence-corrected chi connectivity index (χ3v) is 3.68. The van der Waals surface area contributed by atoms with Crippen LogP contribution in [0.15, 0.2) is 29.4 Å². The number of nitrogens with zero attached hydrogens (tertiary/aromatic N) is 2. The SMILES string of the molecule is CC(C)C1=NOC(C(=O)N(C)Cc2cccc(C(F)(F)F)c2)C1. The molecule has 0 bridgehead atoms. The van der Waals surface area contributed by atoms with Crippen molar-refractivity contribution in [1.29, 1.82) is 0 Å². The Morgan fingerprint density at radius 2 is 2.13 bits per heavy atom. The Morgan fingerprint density at radius 1 is 1.43 bits per heavy atom. The highest BCUT2D eigenvalue weighted by Crippen LogP contribution is 2.29. The summed E-state index contributed by atoms with van der Waals surface area (Å²) in [5, 5.41) is 3.89. The Kier molecular flexibility index (Phi) is 4.97. The first-order valence-corrected chi connectivity index (χ1v) is 7.32. The van der Waals surface area contributed by atoms with E-state index in [4.69, 9.17) is 4.84 Å². The van der Waals surface area contributed by atoms with Crippen LogP contribution >= 0.6 is 0 Å². The number of rotatable bonds is 4. The maximum absolute atomic E-state index is 12.7. The zero-order chi connectivity index (χ0) is 17.2. The molecule has 1 aromatic rings. The van der Waals surface area contributed by atoms with E-state index in [0.29, 0.717) is 12.0 Å². The number of halogens is 3. The van der Waals surface area contributed by atoms with Crippen molar-refractivity contribution in [2.45, 2.75) is 39.1 Å². The first-order valence-electron chi connectivity index (χ1n) is 7.32. The molecule has 0 aromatic heterocycles. The second kappa shape index (κ2) is 6.60. The number of alkyl halides is 3. The van der Waals surface area contributed by atoms with Crippen molar-refractivity contribution in [2.24, 2.45) is 11.1 Å². The van der Waals surface area contributed by atoms with Crippen molar-refractivity contribution in [1.82, 2.24) is 4.90 Å².